The van der Waals surface area contributed by atoms with E-state index in [0.717, 1.165) is 22.3 Å². The molecule has 0 spiro atoms. The van der Waals surface area contributed by atoms with E-state index in [4.69, 9.17) is 9.47 Å². The number of benzene rings is 2. The zero-order valence-corrected chi connectivity index (χ0v) is 21.2. The number of nitrogens with zero attached hydrogens (tertiary/aromatic N) is 2. The van der Waals surface area contributed by atoms with Crippen molar-refractivity contribution in [3.05, 3.63) is 81.4 Å². The van der Waals surface area contributed by atoms with Crippen molar-refractivity contribution in [1.29, 1.82) is 0 Å². The predicted octanol–water partition coefficient (Wildman–Crippen LogP) is 3.24. The zero-order chi connectivity index (χ0) is 22.5. The maximum absolute atomic E-state index is 9.19. The Morgan fingerprint density at radius 2 is 1.00 bits per heavy atom. The van der Waals surface area contributed by atoms with Crippen LogP contribution in [0.25, 0.3) is 10.6 Å². The van der Waals surface area contributed by atoms with Gasteiger partial charge >= 0.3 is 32.6 Å². The van der Waals surface area contributed by atoms with Gasteiger partial charge in [-0.15, -0.1) is 0 Å². The monoisotopic (exact) mass is 554 g/mol. The van der Waals surface area contributed by atoms with Gasteiger partial charge in [0.05, 0.1) is 0 Å². The van der Waals surface area contributed by atoms with E-state index < -0.39 is 0 Å². The summed E-state index contributed by atoms with van der Waals surface area (Å²) in [6.45, 7) is 8.31. The van der Waals surface area contributed by atoms with E-state index in [0.29, 0.717) is 23.2 Å². The van der Waals surface area contributed by atoms with Crippen molar-refractivity contribution in [1.82, 2.24) is 0 Å². The summed E-state index contributed by atoms with van der Waals surface area (Å²) in [5.74, 6) is 0. The minimum absolute atomic E-state index is 0. The largest absolute Gasteiger partial charge is 2.00 e. The Kier molecular flexibility index (Phi) is 14.5. The van der Waals surface area contributed by atoms with Crippen LogP contribution in [0.15, 0.2) is 48.5 Å². The number of aryl methyl sites for hydroxylation is 2. The molecule has 2 rings (SSSR count). The van der Waals surface area contributed by atoms with Gasteiger partial charge in [-0.1, -0.05) is 59.7 Å². The molecule has 0 aliphatic rings. The van der Waals surface area contributed by atoms with Gasteiger partial charge in [-0.05, 0) is 27.7 Å². The van der Waals surface area contributed by atoms with Gasteiger partial charge in [-0.3, -0.25) is 0 Å². The molecular weight excluding hydrogens is 527 g/mol. The number of hydrogen-bond acceptors (Lipinski definition) is 2. The van der Waals surface area contributed by atoms with E-state index in [9.17, 15) is 9.59 Å². The summed E-state index contributed by atoms with van der Waals surface area (Å²) in [6, 6.07) is 15.4. The van der Waals surface area contributed by atoms with Crippen molar-refractivity contribution < 1.29 is 39.5 Å². The molecule has 31 heavy (non-hydrogen) atoms. The van der Waals surface area contributed by atoms with E-state index >= 15 is 0 Å². The molecule has 6 nitrogen and oxygen atoms in total. The quantitative estimate of drug-likeness (QED) is 0.251. The van der Waals surface area contributed by atoms with Crippen LogP contribution >= 0.6 is 0 Å². The van der Waals surface area contributed by atoms with Gasteiger partial charge < -0.3 is 29.7 Å². The molecule has 168 valence electrons. The van der Waals surface area contributed by atoms with Crippen LogP contribution < -0.4 is 0 Å². The van der Waals surface area contributed by atoms with Crippen LogP contribution in [-0.2, 0) is 54.3 Å². The molecule has 0 atom stereocenters. The summed E-state index contributed by atoms with van der Waals surface area (Å²) in [5, 5.41) is 7.59. The SMILES string of the molecule is CCOC(=[OH+])[N-]C(=[SH+])c1ccc(C)cc1.CCOC(=[OH+])[N-]C(=[SH+])c1ccc(C)cc1.[Pd+2]. The van der Waals surface area contributed by atoms with E-state index in [2.05, 4.69) is 35.1 Å². The number of thiol groups is 2. The summed E-state index contributed by atoms with van der Waals surface area (Å²) >= 11 is 8.35. The van der Waals surface area contributed by atoms with Crippen LogP contribution in [0.4, 0.5) is 0 Å². The van der Waals surface area contributed by atoms with Crippen molar-refractivity contribution in [3.63, 3.8) is 0 Å². The molecule has 0 unspecified atom stereocenters. The Balaban J connectivity index is 0.000000562. The van der Waals surface area contributed by atoms with Crippen LogP contribution in [0, 0.1) is 13.8 Å². The van der Waals surface area contributed by atoms with Crippen LogP contribution in [0.5, 0.6) is 0 Å². The number of rotatable bonds is 4. The van der Waals surface area contributed by atoms with E-state index in [-0.39, 0.29) is 32.6 Å². The Morgan fingerprint density at radius 3 is 1.26 bits per heavy atom. The first kappa shape index (κ1) is 28.8. The summed E-state index contributed by atoms with van der Waals surface area (Å²) < 4.78 is 9.59. The second-order valence-electron chi connectivity index (χ2n) is 6.03. The average molecular weight is 555 g/mol. The molecule has 0 heterocycles. The third-order valence-electron chi connectivity index (χ3n) is 3.57. The predicted molar refractivity (Wildman–Crippen MR) is 132 cm³/mol. The van der Waals surface area contributed by atoms with Crippen molar-refractivity contribution in [2.75, 3.05) is 13.2 Å². The Labute approximate surface area is 207 Å². The minimum Gasteiger partial charge on any atom is -0.487 e. The Morgan fingerprint density at radius 1 is 0.710 bits per heavy atom. The molecule has 0 bridgehead atoms. The van der Waals surface area contributed by atoms with E-state index in [1.807, 2.05) is 62.4 Å². The molecule has 2 aromatic carbocycles. The number of ether oxygens (including phenoxy) is 2. The molecule has 0 saturated heterocycles. The molecular formula is C22H28N2O4PdS2+4. The fourth-order valence-electron chi connectivity index (χ4n) is 2.04. The zero-order valence-electron chi connectivity index (χ0n) is 17.8. The molecule has 0 saturated carbocycles. The average Bonchev–Trinajstić information content (AvgIpc) is 2.69. The Bertz CT molecular complexity index is 799. The Hall–Kier alpha value is -2.18. The van der Waals surface area contributed by atoms with Crippen molar-refractivity contribution in [3.8, 4) is 0 Å². The topological polar surface area (TPSA) is 89.5 Å². The molecule has 2 aromatic rings. The van der Waals surface area contributed by atoms with Crippen LogP contribution in [0.2, 0.25) is 0 Å². The molecule has 0 aliphatic heterocycles. The smallest absolute Gasteiger partial charge is 0.487 e. The molecule has 0 fully saturated rings. The summed E-state index contributed by atoms with van der Waals surface area (Å²) in [4.78, 5) is 19.2. The van der Waals surface area contributed by atoms with E-state index in [1.54, 1.807) is 13.8 Å². The van der Waals surface area contributed by atoms with Gasteiger partial charge in [-0.2, -0.15) is 0 Å². The second kappa shape index (κ2) is 15.6. The molecule has 9 heteroatoms. The summed E-state index contributed by atoms with van der Waals surface area (Å²) in [6.07, 6.45) is -0.717. The third kappa shape index (κ3) is 11.7. The first-order chi connectivity index (χ1) is 14.3. The molecule has 0 aliphatic carbocycles. The fourth-order valence-corrected chi connectivity index (χ4v) is 2.51. The minimum atomic E-state index is -0.358. The van der Waals surface area contributed by atoms with Gasteiger partial charge in [-0.25, -0.2) is 0 Å². The van der Waals surface area contributed by atoms with E-state index in [1.165, 1.54) is 0 Å². The van der Waals surface area contributed by atoms with Crippen molar-refractivity contribution in [2.24, 2.45) is 0 Å². The maximum Gasteiger partial charge on any atom is 2.00 e. The number of carbonyl (C=O) groups excluding carboxylic acids is 2. The van der Waals surface area contributed by atoms with Gasteiger partial charge in [0.1, 0.15) is 34.4 Å². The van der Waals surface area contributed by atoms with Gasteiger partial charge in [0.15, 0.2) is 13.2 Å². The second-order valence-corrected chi connectivity index (χ2v) is 6.88. The molecule has 0 radical (unpaired) electrons. The first-order valence-corrected chi connectivity index (χ1v) is 10.2. The third-order valence-corrected chi connectivity index (χ3v) is 4.29. The number of hydrogen-bond donors (Lipinski definition) is 0. The molecule has 0 aromatic heterocycles. The van der Waals surface area contributed by atoms with Gasteiger partial charge in [0.25, 0.3) is 0 Å². The standard InChI is InChI=1S/2C11H13NO2S.Pd/c2*1-3-14-11(13)12-10(15)9-6-4-8(2)5-7-9;/h2*4-7H,3H2,1-2H3,(H,12,13,15);/q;;+2/p+2. The fraction of sp³-hybridized carbons (Fsp3) is 0.273. The van der Waals surface area contributed by atoms with Crippen LogP contribution in [0.1, 0.15) is 36.1 Å². The van der Waals surface area contributed by atoms with Crippen LogP contribution in [-0.4, -0.2) is 45.0 Å². The molecule has 2 amide bonds. The van der Waals surface area contributed by atoms with Gasteiger partial charge in [0.2, 0.25) is 0 Å². The summed E-state index contributed by atoms with van der Waals surface area (Å²) in [5.41, 5.74) is 4.01. The normalized spacial score (nSPS) is 9.16. The number of amides is 2. The first-order valence-electron chi connectivity index (χ1n) is 9.33. The van der Waals surface area contributed by atoms with Crippen molar-refractivity contribution in [2.45, 2.75) is 27.7 Å². The maximum atomic E-state index is 9.19. The van der Waals surface area contributed by atoms with Crippen molar-refractivity contribution >= 4 is 46.6 Å². The van der Waals surface area contributed by atoms with Gasteiger partial charge in [0, 0.05) is 11.1 Å². The van der Waals surface area contributed by atoms with Crippen LogP contribution in [0.3, 0.4) is 0 Å². The summed E-state index contributed by atoms with van der Waals surface area (Å²) in [7, 11) is 0. The molecule has 2 N–H and O–H groups in total.